The van der Waals surface area contributed by atoms with Gasteiger partial charge in [0, 0.05) is 6.54 Å². The molecular formula is C18H22N2OS. The van der Waals surface area contributed by atoms with Gasteiger partial charge in [0.1, 0.15) is 4.88 Å². The summed E-state index contributed by atoms with van der Waals surface area (Å²) in [5, 5.41) is 4.16. The number of nitrogens with one attached hydrogen (secondary N) is 1. The molecule has 3 nitrogen and oxygen atoms in total. The van der Waals surface area contributed by atoms with Gasteiger partial charge in [-0.15, -0.1) is 11.3 Å². The zero-order valence-corrected chi connectivity index (χ0v) is 14.0. The maximum Gasteiger partial charge on any atom is 0.263 e. The Kier molecular flexibility index (Phi) is 4.57. The zero-order chi connectivity index (χ0) is 15.5. The molecule has 2 unspecified atom stereocenters. The molecule has 4 heteroatoms. The molecule has 116 valence electrons. The van der Waals surface area contributed by atoms with E-state index in [1.54, 1.807) is 0 Å². The van der Waals surface area contributed by atoms with Gasteiger partial charge in [0.25, 0.3) is 5.91 Å². The van der Waals surface area contributed by atoms with Gasteiger partial charge in [-0.25, -0.2) is 4.98 Å². The second kappa shape index (κ2) is 6.61. The Balaban J connectivity index is 1.53. The smallest absolute Gasteiger partial charge is 0.263 e. The summed E-state index contributed by atoms with van der Waals surface area (Å²) in [7, 11) is 0. The van der Waals surface area contributed by atoms with Crippen LogP contribution in [0.1, 0.15) is 51.6 Å². The van der Waals surface area contributed by atoms with E-state index < -0.39 is 0 Å². The Morgan fingerprint density at radius 3 is 2.86 bits per heavy atom. The first-order valence-corrected chi connectivity index (χ1v) is 8.80. The number of thiazole rings is 1. The maximum absolute atomic E-state index is 12.3. The Bertz CT molecular complexity index is 650. The van der Waals surface area contributed by atoms with Crippen molar-refractivity contribution >= 4 is 17.2 Å². The molecule has 1 aliphatic rings. The van der Waals surface area contributed by atoms with Crippen molar-refractivity contribution in [3.8, 4) is 0 Å². The minimum atomic E-state index is 0.0380. The highest BCUT2D eigenvalue weighted by atomic mass is 32.1. The first kappa shape index (κ1) is 15.2. The van der Waals surface area contributed by atoms with Gasteiger partial charge in [0.15, 0.2) is 0 Å². The lowest BCUT2D eigenvalue weighted by Crippen LogP contribution is -2.25. The first-order chi connectivity index (χ1) is 10.7. The van der Waals surface area contributed by atoms with E-state index in [2.05, 4.69) is 41.5 Å². The van der Waals surface area contributed by atoms with Gasteiger partial charge in [0.05, 0.1) is 10.7 Å². The number of amides is 1. The van der Waals surface area contributed by atoms with E-state index in [1.165, 1.54) is 23.3 Å². The Labute approximate surface area is 135 Å². The molecule has 1 amide bonds. The summed E-state index contributed by atoms with van der Waals surface area (Å²) in [5.74, 6) is 1.23. The summed E-state index contributed by atoms with van der Waals surface area (Å²) in [4.78, 5) is 17.6. The van der Waals surface area contributed by atoms with Crippen molar-refractivity contribution in [3.05, 3.63) is 51.5 Å². The number of aromatic nitrogens is 1. The highest BCUT2D eigenvalue weighted by Crippen LogP contribution is 2.46. The summed E-state index contributed by atoms with van der Waals surface area (Å²) in [6.07, 6.45) is 3.19. The lowest BCUT2D eigenvalue weighted by molar-refractivity contribution is 0.0955. The van der Waals surface area contributed by atoms with Crippen molar-refractivity contribution in [1.29, 1.82) is 0 Å². The molecule has 1 aliphatic carbocycles. The number of carbonyl (C=O) groups is 1. The Morgan fingerprint density at radius 2 is 2.14 bits per heavy atom. The van der Waals surface area contributed by atoms with Crippen LogP contribution in [0.4, 0.5) is 0 Å². The lowest BCUT2D eigenvalue weighted by Gasteiger charge is -2.04. The van der Waals surface area contributed by atoms with Crippen molar-refractivity contribution in [2.24, 2.45) is 5.92 Å². The van der Waals surface area contributed by atoms with E-state index in [9.17, 15) is 4.79 Å². The molecule has 1 aromatic carbocycles. The minimum absolute atomic E-state index is 0.0380. The maximum atomic E-state index is 12.3. The van der Waals surface area contributed by atoms with Crippen LogP contribution in [-0.4, -0.2) is 17.4 Å². The van der Waals surface area contributed by atoms with Crippen LogP contribution in [0.5, 0.6) is 0 Å². The average Bonchev–Trinajstić information content (AvgIpc) is 3.22. The van der Waals surface area contributed by atoms with Crippen LogP contribution in [0.2, 0.25) is 0 Å². The number of carbonyl (C=O) groups excluding carboxylic acids is 1. The standard InChI is InChI=1S/C18H22N2OS/c1-3-7-16-20-12(2)17(22-16)18(21)19-11-14-10-15(14)13-8-5-4-6-9-13/h4-6,8-9,14-15H,3,7,10-11H2,1-2H3,(H,19,21). The zero-order valence-electron chi connectivity index (χ0n) is 13.1. The fourth-order valence-corrected chi connectivity index (χ4v) is 3.95. The Morgan fingerprint density at radius 1 is 1.36 bits per heavy atom. The fourth-order valence-electron chi connectivity index (χ4n) is 2.87. The summed E-state index contributed by atoms with van der Waals surface area (Å²) in [5.41, 5.74) is 2.25. The molecule has 1 aromatic heterocycles. The third-order valence-electron chi connectivity index (χ3n) is 4.19. The molecule has 1 heterocycles. The lowest BCUT2D eigenvalue weighted by atomic mass is 10.1. The molecule has 22 heavy (non-hydrogen) atoms. The molecule has 1 fully saturated rings. The van der Waals surface area contributed by atoms with Crippen molar-refractivity contribution in [1.82, 2.24) is 10.3 Å². The monoisotopic (exact) mass is 314 g/mol. The van der Waals surface area contributed by atoms with E-state index in [-0.39, 0.29) is 5.91 Å². The molecule has 0 bridgehead atoms. The highest BCUT2D eigenvalue weighted by Gasteiger charge is 2.38. The number of nitrogens with zero attached hydrogens (tertiary/aromatic N) is 1. The van der Waals surface area contributed by atoms with Gasteiger partial charge in [0.2, 0.25) is 0 Å². The summed E-state index contributed by atoms with van der Waals surface area (Å²) < 4.78 is 0. The van der Waals surface area contributed by atoms with E-state index in [1.807, 2.05) is 13.0 Å². The molecular weight excluding hydrogens is 292 g/mol. The second-order valence-electron chi connectivity index (χ2n) is 6.00. The van der Waals surface area contributed by atoms with E-state index in [0.29, 0.717) is 11.8 Å². The summed E-state index contributed by atoms with van der Waals surface area (Å²) in [6, 6.07) is 10.6. The first-order valence-electron chi connectivity index (χ1n) is 7.98. The number of aryl methyl sites for hydroxylation is 2. The largest absolute Gasteiger partial charge is 0.351 e. The highest BCUT2D eigenvalue weighted by molar-refractivity contribution is 7.13. The van der Waals surface area contributed by atoms with Gasteiger partial charge in [-0.05, 0) is 43.6 Å². The van der Waals surface area contributed by atoms with Gasteiger partial charge in [-0.1, -0.05) is 37.3 Å². The normalized spacial score (nSPS) is 19.9. The van der Waals surface area contributed by atoms with Crippen LogP contribution in [0.15, 0.2) is 30.3 Å². The van der Waals surface area contributed by atoms with Crippen LogP contribution in [0, 0.1) is 12.8 Å². The van der Waals surface area contributed by atoms with Crippen LogP contribution in [0.3, 0.4) is 0 Å². The van der Waals surface area contributed by atoms with Gasteiger partial charge in [-0.2, -0.15) is 0 Å². The predicted octanol–water partition coefficient (Wildman–Crippen LogP) is 3.94. The topological polar surface area (TPSA) is 42.0 Å². The third kappa shape index (κ3) is 3.38. The van der Waals surface area contributed by atoms with Crippen molar-refractivity contribution < 1.29 is 4.79 Å². The van der Waals surface area contributed by atoms with Crippen LogP contribution >= 0.6 is 11.3 Å². The van der Waals surface area contributed by atoms with Crippen LogP contribution in [-0.2, 0) is 6.42 Å². The summed E-state index contributed by atoms with van der Waals surface area (Å²) in [6.45, 7) is 4.82. The predicted molar refractivity (Wildman–Crippen MR) is 90.5 cm³/mol. The molecule has 2 aromatic rings. The van der Waals surface area contributed by atoms with Gasteiger partial charge in [-0.3, -0.25) is 4.79 Å². The molecule has 0 radical (unpaired) electrons. The molecule has 2 atom stereocenters. The van der Waals surface area contributed by atoms with Gasteiger partial charge >= 0.3 is 0 Å². The van der Waals surface area contributed by atoms with Gasteiger partial charge < -0.3 is 5.32 Å². The molecule has 0 aliphatic heterocycles. The quantitative estimate of drug-likeness (QED) is 0.877. The molecule has 1 saturated carbocycles. The van der Waals surface area contributed by atoms with Crippen LogP contribution < -0.4 is 5.32 Å². The minimum Gasteiger partial charge on any atom is -0.351 e. The van der Waals surface area contributed by atoms with Crippen molar-refractivity contribution in [3.63, 3.8) is 0 Å². The Hall–Kier alpha value is -1.68. The molecule has 3 rings (SSSR count). The molecule has 1 N–H and O–H groups in total. The number of rotatable bonds is 6. The average molecular weight is 314 g/mol. The summed E-state index contributed by atoms with van der Waals surface area (Å²) >= 11 is 1.54. The molecule has 0 saturated heterocycles. The SMILES string of the molecule is CCCc1nc(C)c(C(=O)NCC2CC2c2ccccc2)s1. The van der Waals surface area contributed by atoms with Crippen molar-refractivity contribution in [2.75, 3.05) is 6.54 Å². The van der Waals surface area contributed by atoms with Crippen LogP contribution in [0.25, 0.3) is 0 Å². The van der Waals surface area contributed by atoms with E-state index >= 15 is 0 Å². The van der Waals surface area contributed by atoms with E-state index in [4.69, 9.17) is 0 Å². The fraction of sp³-hybridized carbons (Fsp3) is 0.444. The van der Waals surface area contributed by atoms with Crippen molar-refractivity contribution in [2.45, 2.75) is 39.0 Å². The number of hydrogen-bond acceptors (Lipinski definition) is 3. The number of benzene rings is 1. The second-order valence-corrected chi connectivity index (χ2v) is 7.08. The molecule has 0 spiro atoms. The van der Waals surface area contributed by atoms with E-state index in [0.717, 1.165) is 35.0 Å². The third-order valence-corrected chi connectivity index (χ3v) is 5.40. The number of hydrogen-bond donors (Lipinski definition) is 1.